The van der Waals surface area contributed by atoms with Gasteiger partial charge < -0.3 is 14.5 Å². The lowest BCUT2D eigenvalue weighted by molar-refractivity contribution is 0.0739. The fourth-order valence-electron chi connectivity index (χ4n) is 3.64. The zero-order valence-corrected chi connectivity index (χ0v) is 14.4. The summed E-state index contributed by atoms with van der Waals surface area (Å²) in [6, 6.07) is 9.93. The number of hydrogen-bond donors (Lipinski definition) is 0. The van der Waals surface area contributed by atoms with Gasteiger partial charge in [0.1, 0.15) is 5.75 Å². The number of para-hydroxylation sites is 2. The van der Waals surface area contributed by atoms with E-state index in [1.165, 1.54) is 5.56 Å². The van der Waals surface area contributed by atoms with Gasteiger partial charge in [0.15, 0.2) is 5.69 Å². The van der Waals surface area contributed by atoms with Gasteiger partial charge in [-0.2, -0.15) is 5.10 Å². The highest BCUT2D eigenvalue weighted by molar-refractivity contribution is 5.92. The van der Waals surface area contributed by atoms with Gasteiger partial charge >= 0.3 is 0 Å². The number of anilines is 1. The lowest BCUT2D eigenvalue weighted by Crippen LogP contribution is -2.49. The molecule has 1 aliphatic heterocycles. The molecular formula is C19H22N4O2. The van der Waals surface area contributed by atoms with Gasteiger partial charge in [-0.05, 0) is 43.0 Å². The van der Waals surface area contributed by atoms with Gasteiger partial charge in [-0.25, -0.2) is 0 Å². The smallest absolute Gasteiger partial charge is 0.274 e. The third-order valence-corrected chi connectivity index (χ3v) is 5.03. The minimum Gasteiger partial charge on any atom is -0.495 e. The van der Waals surface area contributed by atoms with Crippen molar-refractivity contribution in [1.82, 2.24) is 15.1 Å². The molecule has 6 nitrogen and oxygen atoms in total. The molecule has 0 atom stereocenters. The van der Waals surface area contributed by atoms with Crippen LogP contribution in [0.15, 0.2) is 30.3 Å². The molecule has 1 aromatic carbocycles. The third-order valence-electron chi connectivity index (χ3n) is 5.03. The number of rotatable bonds is 3. The van der Waals surface area contributed by atoms with Crippen molar-refractivity contribution in [1.29, 1.82) is 0 Å². The normalized spacial score (nSPS) is 16.7. The number of aryl methyl sites for hydroxylation is 2. The van der Waals surface area contributed by atoms with Crippen LogP contribution in [0, 0.1) is 0 Å². The fraction of sp³-hybridized carbons (Fsp3) is 0.421. The lowest BCUT2D eigenvalue weighted by Gasteiger charge is -2.36. The molecule has 2 aromatic rings. The molecule has 0 N–H and O–H groups in total. The Kier molecular flexibility index (Phi) is 4.26. The molecule has 130 valence electrons. The summed E-state index contributed by atoms with van der Waals surface area (Å²) in [6.45, 7) is 2.92. The molecule has 0 unspecified atom stereocenters. The zero-order chi connectivity index (χ0) is 17.2. The molecule has 0 saturated carbocycles. The average molecular weight is 338 g/mol. The van der Waals surface area contributed by atoms with Crippen molar-refractivity contribution in [2.45, 2.75) is 19.3 Å². The van der Waals surface area contributed by atoms with Crippen molar-refractivity contribution in [2.75, 3.05) is 38.2 Å². The monoisotopic (exact) mass is 338 g/mol. The zero-order valence-electron chi connectivity index (χ0n) is 14.4. The van der Waals surface area contributed by atoms with Crippen LogP contribution >= 0.6 is 0 Å². The predicted octanol–water partition coefficient (Wildman–Crippen LogP) is 1.94. The van der Waals surface area contributed by atoms with Crippen LogP contribution in [0.4, 0.5) is 5.69 Å². The fourth-order valence-corrected chi connectivity index (χ4v) is 3.64. The first-order valence-electron chi connectivity index (χ1n) is 8.79. The van der Waals surface area contributed by atoms with E-state index < -0.39 is 0 Å². The van der Waals surface area contributed by atoms with E-state index in [2.05, 4.69) is 21.2 Å². The highest BCUT2D eigenvalue weighted by Gasteiger charge is 2.25. The summed E-state index contributed by atoms with van der Waals surface area (Å²) in [5.74, 6) is 0.855. The molecule has 1 amide bonds. The Bertz CT molecular complexity index is 785. The number of amides is 1. The molecule has 0 bridgehead atoms. The maximum atomic E-state index is 12.7. The van der Waals surface area contributed by atoms with Crippen molar-refractivity contribution >= 4 is 11.6 Å². The van der Waals surface area contributed by atoms with Gasteiger partial charge in [-0.15, -0.1) is 5.10 Å². The van der Waals surface area contributed by atoms with E-state index >= 15 is 0 Å². The van der Waals surface area contributed by atoms with Crippen LogP contribution in [0.2, 0.25) is 0 Å². The predicted molar refractivity (Wildman–Crippen MR) is 95.2 cm³/mol. The molecule has 1 aliphatic carbocycles. The molecular weight excluding hydrogens is 316 g/mol. The maximum Gasteiger partial charge on any atom is 0.274 e. The van der Waals surface area contributed by atoms with Crippen molar-refractivity contribution in [2.24, 2.45) is 0 Å². The highest BCUT2D eigenvalue weighted by Crippen LogP contribution is 2.28. The summed E-state index contributed by atoms with van der Waals surface area (Å²) in [5, 5.41) is 8.39. The number of hydrogen-bond acceptors (Lipinski definition) is 5. The number of benzene rings is 1. The van der Waals surface area contributed by atoms with E-state index in [0.29, 0.717) is 18.8 Å². The molecule has 0 radical (unpaired) electrons. The Morgan fingerprint density at radius 2 is 1.88 bits per heavy atom. The molecule has 2 aliphatic rings. The van der Waals surface area contributed by atoms with Crippen LogP contribution in [-0.4, -0.2) is 54.3 Å². The van der Waals surface area contributed by atoms with Crippen LogP contribution in [-0.2, 0) is 12.8 Å². The van der Waals surface area contributed by atoms with Crippen LogP contribution in [0.1, 0.15) is 28.2 Å². The number of fused-ring (bicyclic) bond motifs is 1. The van der Waals surface area contributed by atoms with Gasteiger partial charge in [0.05, 0.1) is 18.5 Å². The topological polar surface area (TPSA) is 58.6 Å². The maximum absolute atomic E-state index is 12.7. The standard InChI is InChI=1S/C19H22N4O2/c1-25-18-8-3-2-7-17(18)22-9-11-23(12-10-22)19(24)16-13-14-5-4-6-15(14)20-21-16/h2-3,7-8,13H,4-6,9-12H2,1H3. The van der Waals surface area contributed by atoms with E-state index in [-0.39, 0.29) is 5.91 Å². The number of ether oxygens (including phenoxy) is 1. The van der Waals surface area contributed by atoms with E-state index in [0.717, 1.165) is 49.5 Å². The summed E-state index contributed by atoms with van der Waals surface area (Å²) in [5.41, 5.74) is 3.80. The van der Waals surface area contributed by atoms with Crippen LogP contribution in [0.25, 0.3) is 0 Å². The van der Waals surface area contributed by atoms with Crippen molar-refractivity contribution in [3.8, 4) is 5.75 Å². The first-order valence-corrected chi connectivity index (χ1v) is 8.79. The minimum atomic E-state index is -0.0122. The second-order valence-electron chi connectivity index (χ2n) is 6.51. The van der Waals surface area contributed by atoms with Crippen LogP contribution in [0.5, 0.6) is 5.75 Å². The van der Waals surface area contributed by atoms with Gasteiger partial charge in [-0.3, -0.25) is 4.79 Å². The summed E-state index contributed by atoms with van der Waals surface area (Å²) < 4.78 is 5.44. The Hall–Kier alpha value is -2.63. The molecule has 0 spiro atoms. The van der Waals surface area contributed by atoms with Gasteiger partial charge in [0.2, 0.25) is 0 Å². The number of piperazine rings is 1. The molecule has 1 fully saturated rings. The van der Waals surface area contributed by atoms with Crippen molar-refractivity contribution < 1.29 is 9.53 Å². The number of carbonyl (C=O) groups is 1. The van der Waals surface area contributed by atoms with Gasteiger partial charge in [-0.1, -0.05) is 12.1 Å². The summed E-state index contributed by atoms with van der Waals surface area (Å²) >= 11 is 0. The Balaban J connectivity index is 1.44. The SMILES string of the molecule is COc1ccccc1N1CCN(C(=O)c2cc3c(nn2)CCC3)CC1. The largest absolute Gasteiger partial charge is 0.495 e. The quantitative estimate of drug-likeness (QED) is 0.856. The minimum absolute atomic E-state index is 0.0122. The van der Waals surface area contributed by atoms with Crippen molar-refractivity contribution in [3.63, 3.8) is 0 Å². The van der Waals surface area contributed by atoms with E-state index in [4.69, 9.17) is 4.74 Å². The molecule has 4 rings (SSSR count). The first-order chi connectivity index (χ1) is 12.3. The van der Waals surface area contributed by atoms with Crippen LogP contribution in [0.3, 0.4) is 0 Å². The number of aromatic nitrogens is 2. The number of carbonyl (C=O) groups excluding carboxylic acids is 1. The van der Waals surface area contributed by atoms with E-state index in [9.17, 15) is 4.79 Å². The Morgan fingerprint density at radius 3 is 2.68 bits per heavy atom. The van der Waals surface area contributed by atoms with Gasteiger partial charge in [0.25, 0.3) is 5.91 Å². The van der Waals surface area contributed by atoms with Crippen molar-refractivity contribution in [3.05, 3.63) is 47.3 Å². The average Bonchev–Trinajstić information content (AvgIpc) is 3.15. The number of methoxy groups -OCH3 is 1. The molecule has 2 heterocycles. The molecule has 1 aromatic heterocycles. The first kappa shape index (κ1) is 15.9. The summed E-state index contributed by atoms with van der Waals surface area (Å²) in [4.78, 5) is 16.9. The Labute approximate surface area is 147 Å². The molecule has 25 heavy (non-hydrogen) atoms. The van der Waals surface area contributed by atoms with Crippen LogP contribution < -0.4 is 9.64 Å². The summed E-state index contributed by atoms with van der Waals surface area (Å²) in [7, 11) is 1.69. The molecule has 1 saturated heterocycles. The second kappa shape index (κ2) is 6.70. The van der Waals surface area contributed by atoms with E-state index in [1.807, 2.05) is 29.2 Å². The third kappa shape index (κ3) is 3.04. The second-order valence-corrected chi connectivity index (χ2v) is 6.51. The van der Waals surface area contributed by atoms with Gasteiger partial charge in [0, 0.05) is 26.2 Å². The number of nitrogens with zero attached hydrogens (tertiary/aromatic N) is 4. The van der Waals surface area contributed by atoms with E-state index in [1.54, 1.807) is 7.11 Å². The highest BCUT2D eigenvalue weighted by atomic mass is 16.5. The summed E-state index contributed by atoms with van der Waals surface area (Å²) in [6.07, 6.45) is 3.10. The lowest BCUT2D eigenvalue weighted by atomic mass is 10.2. The molecule has 6 heteroatoms. The Morgan fingerprint density at radius 1 is 1.08 bits per heavy atom.